The van der Waals surface area contributed by atoms with Crippen LogP contribution in [0.15, 0.2) is 53.1 Å². The lowest BCUT2D eigenvalue weighted by molar-refractivity contribution is -0.173. The predicted molar refractivity (Wildman–Crippen MR) is 117 cm³/mol. The molecule has 1 amide bonds. The minimum Gasteiger partial charge on any atom is -0.363 e. The molecule has 162 valence electrons. The van der Waals surface area contributed by atoms with E-state index >= 15 is 0 Å². The van der Waals surface area contributed by atoms with E-state index in [1.54, 1.807) is 30.3 Å². The van der Waals surface area contributed by atoms with Gasteiger partial charge in [-0.3, -0.25) is 4.79 Å². The minimum atomic E-state index is -4.53. The van der Waals surface area contributed by atoms with Crippen LogP contribution in [0.3, 0.4) is 0 Å². The van der Waals surface area contributed by atoms with E-state index in [1.165, 1.54) is 12.1 Å². The maximum absolute atomic E-state index is 13.8. The molecule has 2 heterocycles. The van der Waals surface area contributed by atoms with E-state index in [1.807, 2.05) is 0 Å². The van der Waals surface area contributed by atoms with Crippen LogP contribution >= 0.6 is 39.1 Å². The van der Waals surface area contributed by atoms with Gasteiger partial charge in [-0.2, -0.15) is 18.3 Å². The molecule has 0 spiro atoms. The van der Waals surface area contributed by atoms with Crippen molar-refractivity contribution in [1.82, 2.24) is 9.78 Å². The van der Waals surface area contributed by atoms with Crippen molar-refractivity contribution in [2.75, 3.05) is 10.6 Å². The molecular formula is C20H14BrCl2F3N4O. The highest BCUT2D eigenvalue weighted by molar-refractivity contribution is 9.10. The van der Waals surface area contributed by atoms with E-state index in [2.05, 4.69) is 31.7 Å². The third kappa shape index (κ3) is 4.53. The summed E-state index contributed by atoms with van der Waals surface area (Å²) in [6.45, 7) is 0. The Bertz CT molecular complexity index is 1130. The van der Waals surface area contributed by atoms with E-state index in [4.69, 9.17) is 23.2 Å². The Balaban J connectivity index is 1.68. The molecule has 0 bridgehead atoms. The first-order valence-electron chi connectivity index (χ1n) is 9.06. The van der Waals surface area contributed by atoms with Gasteiger partial charge in [-0.05, 0) is 35.9 Å². The molecule has 1 aromatic heterocycles. The van der Waals surface area contributed by atoms with Crippen LogP contribution in [0.5, 0.6) is 0 Å². The summed E-state index contributed by atoms with van der Waals surface area (Å²) in [6, 6.07) is 8.95. The fourth-order valence-electron chi connectivity index (χ4n) is 3.41. The summed E-state index contributed by atoms with van der Waals surface area (Å²) in [5.41, 5.74) is 1.01. The number of hydrogen-bond donors (Lipinski definition) is 2. The number of carbonyl (C=O) groups excluding carboxylic acids is 1. The first kappa shape index (κ1) is 22.0. The van der Waals surface area contributed by atoms with Crippen LogP contribution in [0.4, 0.5) is 24.7 Å². The summed E-state index contributed by atoms with van der Waals surface area (Å²) in [5, 5.41) is 10.1. The maximum atomic E-state index is 13.8. The summed E-state index contributed by atoms with van der Waals surface area (Å²) in [5.74, 6) is -0.622. The molecule has 0 saturated carbocycles. The van der Waals surface area contributed by atoms with E-state index < -0.39 is 24.2 Å². The lowest BCUT2D eigenvalue weighted by atomic mass is 9.96. The molecule has 2 unspecified atom stereocenters. The van der Waals surface area contributed by atoms with Gasteiger partial charge in [0.15, 0.2) is 6.04 Å². The standard InChI is InChI=1S/C20H14BrCl2F3N4O/c21-11-3-1-10(2-4-11)16-8-17(20(24,25)26)30-18(29-16)13(9-27-30)19(31)28-12-5-6-14(22)15(23)7-12/h1-7,9,16-17,29H,8H2,(H,28,31). The quantitative estimate of drug-likeness (QED) is 0.386. The monoisotopic (exact) mass is 532 g/mol. The third-order valence-corrected chi connectivity index (χ3v) is 6.20. The van der Waals surface area contributed by atoms with Gasteiger partial charge in [-0.1, -0.05) is 51.3 Å². The largest absolute Gasteiger partial charge is 0.410 e. The Morgan fingerprint density at radius 2 is 1.87 bits per heavy atom. The molecule has 1 aliphatic heterocycles. The van der Waals surface area contributed by atoms with Crippen LogP contribution in [0.2, 0.25) is 10.0 Å². The van der Waals surface area contributed by atoms with Gasteiger partial charge in [0.1, 0.15) is 11.4 Å². The van der Waals surface area contributed by atoms with Gasteiger partial charge in [0, 0.05) is 16.6 Å². The van der Waals surface area contributed by atoms with Gasteiger partial charge < -0.3 is 10.6 Å². The van der Waals surface area contributed by atoms with Crippen molar-refractivity contribution in [3.63, 3.8) is 0 Å². The molecule has 0 saturated heterocycles. The number of nitrogens with zero attached hydrogens (tertiary/aromatic N) is 2. The zero-order valence-electron chi connectivity index (χ0n) is 15.6. The van der Waals surface area contributed by atoms with Crippen LogP contribution in [0.1, 0.15) is 34.4 Å². The molecule has 0 radical (unpaired) electrons. The molecule has 0 fully saturated rings. The number of benzene rings is 2. The number of amides is 1. The van der Waals surface area contributed by atoms with Gasteiger partial charge in [0.2, 0.25) is 0 Å². The van der Waals surface area contributed by atoms with Crippen molar-refractivity contribution in [2.45, 2.75) is 24.7 Å². The second kappa shape index (κ2) is 8.37. The third-order valence-electron chi connectivity index (χ3n) is 4.93. The summed E-state index contributed by atoms with van der Waals surface area (Å²) in [4.78, 5) is 12.8. The minimum absolute atomic E-state index is 0.000876. The predicted octanol–water partition coefficient (Wildman–Crippen LogP) is 6.87. The zero-order chi connectivity index (χ0) is 22.3. The van der Waals surface area contributed by atoms with Crippen LogP contribution in [0.25, 0.3) is 0 Å². The van der Waals surface area contributed by atoms with Crippen molar-refractivity contribution in [3.8, 4) is 0 Å². The van der Waals surface area contributed by atoms with Crippen LogP contribution in [-0.2, 0) is 0 Å². The van der Waals surface area contributed by atoms with Gasteiger partial charge in [-0.15, -0.1) is 0 Å². The second-order valence-corrected chi connectivity index (χ2v) is 8.71. The number of rotatable bonds is 3. The highest BCUT2D eigenvalue weighted by Crippen LogP contribution is 2.44. The van der Waals surface area contributed by atoms with Gasteiger partial charge >= 0.3 is 6.18 Å². The lowest BCUT2D eigenvalue weighted by Gasteiger charge is -2.34. The van der Waals surface area contributed by atoms with E-state index in [0.29, 0.717) is 16.3 Å². The summed E-state index contributed by atoms with van der Waals surface area (Å²) >= 11 is 15.2. The van der Waals surface area contributed by atoms with Crippen molar-refractivity contribution in [2.24, 2.45) is 0 Å². The molecule has 0 aliphatic carbocycles. The highest BCUT2D eigenvalue weighted by atomic mass is 79.9. The smallest absolute Gasteiger partial charge is 0.363 e. The Kier molecular flexibility index (Phi) is 5.93. The van der Waals surface area contributed by atoms with E-state index in [0.717, 1.165) is 15.4 Å². The summed E-state index contributed by atoms with van der Waals surface area (Å²) in [6.07, 6.45) is -3.67. The maximum Gasteiger partial charge on any atom is 0.410 e. The lowest BCUT2D eigenvalue weighted by Crippen LogP contribution is -2.36. The Labute approximate surface area is 193 Å². The van der Waals surface area contributed by atoms with Crippen molar-refractivity contribution >= 4 is 56.5 Å². The number of hydrogen-bond acceptors (Lipinski definition) is 3. The number of alkyl halides is 3. The molecule has 2 atom stereocenters. The molecular weight excluding hydrogens is 520 g/mol. The average molecular weight is 534 g/mol. The fourth-order valence-corrected chi connectivity index (χ4v) is 3.98. The molecule has 4 rings (SSSR count). The van der Waals surface area contributed by atoms with E-state index in [-0.39, 0.29) is 22.8 Å². The number of anilines is 2. The fraction of sp³-hybridized carbons (Fsp3) is 0.200. The van der Waals surface area contributed by atoms with Gasteiger partial charge in [-0.25, -0.2) is 4.68 Å². The molecule has 5 nitrogen and oxygen atoms in total. The number of aromatic nitrogens is 2. The summed E-state index contributed by atoms with van der Waals surface area (Å²) < 4.78 is 43.0. The number of fused-ring (bicyclic) bond motifs is 1. The Morgan fingerprint density at radius 1 is 1.16 bits per heavy atom. The number of halogens is 6. The van der Waals surface area contributed by atoms with Crippen LogP contribution < -0.4 is 10.6 Å². The van der Waals surface area contributed by atoms with Gasteiger partial charge in [0.25, 0.3) is 5.91 Å². The summed E-state index contributed by atoms with van der Waals surface area (Å²) in [7, 11) is 0. The number of carbonyl (C=O) groups is 1. The van der Waals surface area contributed by atoms with Crippen molar-refractivity contribution in [1.29, 1.82) is 0 Å². The van der Waals surface area contributed by atoms with Crippen LogP contribution in [0, 0.1) is 0 Å². The Hall–Kier alpha value is -2.23. The molecule has 2 N–H and O–H groups in total. The highest BCUT2D eigenvalue weighted by Gasteiger charge is 2.47. The molecule has 31 heavy (non-hydrogen) atoms. The molecule has 1 aliphatic rings. The number of nitrogens with one attached hydrogen (secondary N) is 2. The van der Waals surface area contributed by atoms with Crippen molar-refractivity contribution < 1.29 is 18.0 Å². The topological polar surface area (TPSA) is 59.0 Å². The zero-order valence-corrected chi connectivity index (χ0v) is 18.6. The molecule has 3 aromatic rings. The second-order valence-electron chi connectivity index (χ2n) is 6.98. The van der Waals surface area contributed by atoms with Crippen molar-refractivity contribution in [3.05, 3.63) is 74.3 Å². The first-order chi connectivity index (χ1) is 14.6. The Morgan fingerprint density at radius 3 is 2.52 bits per heavy atom. The van der Waals surface area contributed by atoms with Crippen LogP contribution in [-0.4, -0.2) is 21.9 Å². The molecule has 2 aromatic carbocycles. The average Bonchev–Trinajstić information content (AvgIpc) is 3.14. The molecule has 11 heteroatoms. The normalized spacial score (nSPS) is 18.3. The first-order valence-corrected chi connectivity index (χ1v) is 10.6. The van der Waals surface area contributed by atoms with Gasteiger partial charge in [0.05, 0.1) is 22.3 Å². The van der Waals surface area contributed by atoms with E-state index in [9.17, 15) is 18.0 Å². The SMILES string of the molecule is O=C(Nc1ccc(Cl)c(Cl)c1)c1cnn2c1NC(c1ccc(Br)cc1)CC2C(F)(F)F.